The van der Waals surface area contributed by atoms with Crippen LogP contribution in [0, 0.1) is 0 Å². The first-order valence-electron chi connectivity index (χ1n) is 6.22. The van der Waals surface area contributed by atoms with Gasteiger partial charge in [0.2, 0.25) is 0 Å². The third kappa shape index (κ3) is 13.9. The van der Waals surface area contributed by atoms with E-state index in [1.54, 1.807) is 0 Å². The molecule has 0 radical (unpaired) electrons. The third-order valence-corrected chi connectivity index (χ3v) is 3.27. The SMILES string of the molecule is CCCCCCNCCCCCS(=O)(=O)O. The first kappa shape index (κ1) is 15.9. The third-order valence-electron chi connectivity index (χ3n) is 2.46. The lowest BCUT2D eigenvalue weighted by Gasteiger charge is -2.04. The zero-order chi connectivity index (χ0) is 12.3. The van der Waals surface area contributed by atoms with Gasteiger partial charge in [0.05, 0.1) is 5.75 Å². The van der Waals surface area contributed by atoms with E-state index in [0.29, 0.717) is 6.42 Å². The predicted molar refractivity (Wildman–Crippen MR) is 67.3 cm³/mol. The van der Waals surface area contributed by atoms with E-state index in [-0.39, 0.29) is 5.75 Å². The average Bonchev–Trinajstić information content (AvgIpc) is 2.19. The number of nitrogens with one attached hydrogen (secondary N) is 1. The van der Waals surface area contributed by atoms with Gasteiger partial charge in [0, 0.05) is 0 Å². The van der Waals surface area contributed by atoms with Crippen molar-refractivity contribution in [2.75, 3.05) is 18.8 Å². The van der Waals surface area contributed by atoms with E-state index in [2.05, 4.69) is 12.2 Å². The molecule has 0 spiro atoms. The molecule has 0 rings (SSSR count). The molecule has 98 valence electrons. The standard InChI is InChI=1S/C11H25NO3S/c1-2-3-4-6-9-12-10-7-5-8-11-16(13,14)15/h12H,2-11H2,1H3,(H,13,14,15). The molecule has 0 aliphatic rings. The minimum Gasteiger partial charge on any atom is -0.317 e. The Labute approximate surface area is 99.6 Å². The van der Waals surface area contributed by atoms with Gasteiger partial charge < -0.3 is 5.32 Å². The Morgan fingerprint density at radius 2 is 1.50 bits per heavy atom. The van der Waals surface area contributed by atoms with Gasteiger partial charge in [-0.15, -0.1) is 0 Å². The van der Waals surface area contributed by atoms with Gasteiger partial charge in [0.15, 0.2) is 0 Å². The van der Waals surface area contributed by atoms with E-state index in [1.807, 2.05) is 0 Å². The van der Waals surface area contributed by atoms with Gasteiger partial charge in [-0.25, -0.2) is 0 Å². The Morgan fingerprint density at radius 3 is 2.00 bits per heavy atom. The molecule has 4 nitrogen and oxygen atoms in total. The summed E-state index contributed by atoms with van der Waals surface area (Å²) in [5.74, 6) is -0.108. The molecule has 0 bridgehead atoms. The predicted octanol–water partition coefficient (Wildman–Crippen LogP) is 2.21. The number of hydrogen-bond acceptors (Lipinski definition) is 3. The Bertz CT molecular complexity index is 240. The van der Waals surface area contributed by atoms with Crippen LogP contribution in [0.15, 0.2) is 0 Å². The van der Waals surface area contributed by atoms with Crippen LogP contribution in [0.3, 0.4) is 0 Å². The fraction of sp³-hybridized carbons (Fsp3) is 1.00. The fourth-order valence-corrected chi connectivity index (χ4v) is 2.08. The van der Waals surface area contributed by atoms with Crippen molar-refractivity contribution in [1.29, 1.82) is 0 Å². The van der Waals surface area contributed by atoms with E-state index in [4.69, 9.17) is 4.55 Å². The summed E-state index contributed by atoms with van der Waals surface area (Å²) in [6, 6.07) is 0. The molecule has 0 saturated carbocycles. The first-order valence-corrected chi connectivity index (χ1v) is 7.83. The van der Waals surface area contributed by atoms with Crippen LogP contribution in [-0.4, -0.2) is 31.8 Å². The first-order chi connectivity index (χ1) is 7.56. The van der Waals surface area contributed by atoms with Crippen LogP contribution in [0.25, 0.3) is 0 Å². The summed E-state index contributed by atoms with van der Waals surface area (Å²) in [5, 5.41) is 3.33. The van der Waals surface area contributed by atoms with Crippen molar-refractivity contribution in [3.05, 3.63) is 0 Å². The molecule has 0 aromatic rings. The van der Waals surface area contributed by atoms with E-state index < -0.39 is 10.1 Å². The molecule has 0 amide bonds. The van der Waals surface area contributed by atoms with Gasteiger partial charge >= 0.3 is 0 Å². The van der Waals surface area contributed by atoms with Crippen molar-refractivity contribution < 1.29 is 13.0 Å². The maximum Gasteiger partial charge on any atom is 0.264 e. The highest BCUT2D eigenvalue weighted by atomic mass is 32.2. The summed E-state index contributed by atoms with van der Waals surface area (Å²) in [7, 11) is -3.75. The molecule has 0 saturated heterocycles. The van der Waals surface area contributed by atoms with Crippen molar-refractivity contribution in [3.8, 4) is 0 Å². The van der Waals surface area contributed by atoms with Crippen molar-refractivity contribution >= 4 is 10.1 Å². The Hall–Kier alpha value is -0.130. The molecule has 0 heterocycles. The van der Waals surface area contributed by atoms with Crippen molar-refractivity contribution in [2.45, 2.75) is 51.9 Å². The van der Waals surface area contributed by atoms with Crippen molar-refractivity contribution in [2.24, 2.45) is 0 Å². The lowest BCUT2D eigenvalue weighted by atomic mass is 10.2. The zero-order valence-corrected chi connectivity index (χ0v) is 11.1. The minimum absolute atomic E-state index is 0.108. The van der Waals surface area contributed by atoms with E-state index >= 15 is 0 Å². The van der Waals surface area contributed by atoms with Gasteiger partial charge in [-0.3, -0.25) is 4.55 Å². The highest BCUT2D eigenvalue weighted by Crippen LogP contribution is 1.99. The second kappa shape index (κ2) is 10.1. The molecule has 0 fully saturated rings. The maximum atomic E-state index is 10.4. The smallest absolute Gasteiger partial charge is 0.264 e. The second-order valence-corrected chi connectivity index (χ2v) is 5.73. The molecule has 0 atom stereocenters. The van der Waals surface area contributed by atoms with Crippen LogP contribution in [-0.2, 0) is 10.1 Å². The lowest BCUT2D eigenvalue weighted by Crippen LogP contribution is -2.16. The summed E-state index contributed by atoms with van der Waals surface area (Å²) in [5.41, 5.74) is 0. The quantitative estimate of drug-likeness (QED) is 0.436. The Balaban J connectivity index is 3.05. The van der Waals surface area contributed by atoms with Crippen LogP contribution in [0.5, 0.6) is 0 Å². The summed E-state index contributed by atoms with van der Waals surface area (Å²) in [4.78, 5) is 0. The van der Waals surface area contributed by atoms with Gasteiger partial charge in [-0.1, -0.05) is 32.6 Å². The number of unbranched alkanes of at least 4 members (excludes halogenated alkanes) is 5. The van der Waals surface area contributed by atoms with Crippen LogP contribution >= 0.6 is 0 Å². The molecule has 0 aromatic carbocycles. The molecule has 0 aromatic heterocycles. The Morgan fingerprint density at radius 1 is 0.938 bits per heavy atom. The molecule has 0 unspecified atom stereocenters. The molecule has 0 aliphatic carbocycles. The van der Waals surface area contributed by atoms with E-state index in [1.165, 1.54) is 25.7 Å². The largest absolute Gasteiger partial charge is 0.317 e. The molecular weight excluding hydrogens is 226 g/mol. The highest BCUT2D eigenvalue weighted by molar-refractivity contribution is 7.85. The van der Waals surface area contributed by atoms with Crippen LogP contribution in [0.2, 0.25) is 0 Å². The maximum absolute atomic E-state index is 10.4. The van der Waals surface area contributed by atoms with E-state index in [0.717, 1.165) is 25.9 Å². The monoisotopic (exact) mass is 251 g/mol. The van der Waals surface area contributed by atoms with Gasteiger partial charge in [0.1, 0.15) is 0 Å². The van der Waals surface area contributed by atoms with Crippen LogP contribution < -0.4 is 5.32 Å². The zero-order valence-electron chi connectivity index (χ0n) is 10.2. The Kier molecular flexibility index (Phi) is 9.97. The van der Waals surface area contributed by atoms with Gasteiger partial charge in [0.25, 0.3) is 10.1 Å². The average molecular weight is 251 g/mol. The number of rotatable bonds is 11. The van der Waals surface area contributed by atoms with Gasteiger partial charge in [-0.05, 0) is 32.4 Å². The summed E-state index contributed by atoms with van der Waals surface area (Å²) >= 11 is 0. The molecule has 0 aliphatic heterocycles. The normalized spacial score (nSPS) is 11.9. The second-order valence-electron chi connectivity index (χ2n) is 4.16. The van der Waals surface area contributed by atoms with Crippen molar-refractivity contribution in [3.63, 3.8) is 0 Å². The highest BCUT2D eigenvalue weighted by Gasteiger charge is 2.02. The van der Waals surface area contributed by atoms with Crippen molar-refractivity contribution in [1.82, 2.24) is 5.32 Å². The topological polar surface area (TPSA) is 66.4 Å². The minimum atomic E-state index is -3.75. The molecule has 2 N–H and O–H groups in total. The molecule has 5 heteroatoms. The summed E-state index contributed by atoms with van der Waals surface area (Å²) in [6.07, 6.45) is 7.44. The summed E-state index contributed by atoms with van der Waals surface area (Å²) in [6.45, 7) is 4.19. The molecular formula is C11H25NO3S. The van der Waals surface area contributed by atoms with Crippen LogP contribution in [0.1, 0.15) is 51.9 Å². The van der Waals surface area contributed by atoms with Crippen LogP contribution in [0.4, 0.5) is 0 Å². The summed E-state index contributed by atoms with van der Waals surface area (Å²) < 4.78 is 29.3. The lowest BCUT2D eigenvalue weighted by molar-refractivity contribution is 0.478. The number of hydrogen-bond donors (Lipinski definition) is 2. The fourth-order valence-electron chi connectivity index (χ4n) is 1.51. The van der Waals surface area contributed by atoms with E-state index in [9.17, 15) is 8.42 Å². The van der Waals surface area contributed by atoms with Gasteiger partial charge in [-0.2, -0.15) is 8.42 Å². The molecule has 16 heavy (non-hydrogen) atoms.